The number of carbonyl (C=O) groups excluding carboxylic acids is 1. The lowest BCUT2D eigenvalue weighted by atomic mass is 10.0. The van der Waals surface area contributed by atoms with E-state index in [0.29, 0.717) is 6.42 Å². The predicted molar refractivity (Wildman–Crippen MR) is 153 cm³/mol. The topological polar surface area (TPSA) is 89.8 Å². The van der Waals surface area contributed by atoms with Gasteiger partial charge in [-0.15, -0.1) is 0 Å². The van der Waals surface area contributed by atoms with Gasteiger partial charge in [0.05, 0.1) is 18.8 Å². The fraction of sp³-hybridized carbons (Fsp3) is 0.839. The summed E-state index contributed by atoms with van der Waals surface area (Å²) in [6.45, 7) is 4.08. The standard InChI is InChI=1S/C31H59NO4/c1-3-5-7-9-11-13-14-15-16-18-20-22-24-26-30(35)31(36)32-28(27-33)29(34)25-23-21-19-17-12-10-8-6-4-2/h12,17,23,25,28-30,33-35H,3-11,13-16,18-22,24,26-27H2,1-2H3,(H,32,36)/b17-12+,25-23+. The molecule has 0 heterocycles. The van der Waals surface area contributed by atoms with Crippen molar-refractivity contribution in [3.8, 4) is 0 Å². The molecule has 0 rings (SSSR count). The van der Waals surface area contributed by atoms with Crippen molar-refractivity contribution in [1.29, 1.82) is 0 Å². The first-order chi connectivity index (χ1) is 17.6. The van der Waals surface area contributed by atoms with Crippen LogP contribution in [0.1, 0.15) is 142 Å². The maximum absolute atomic E-state index is 12.3. The molecule has 0 saturated heterocycles. The first kappa shape index (κ1) is 34.8. The summed E-state index contributed by atoms with van der Waals surface area (Å²) in [6, 6.07) is -0.806. The van der Waals surface area contributed by atoms with Crippen LogP contribution in [0, 0.1) is 0 Å². The lowest BCUT2D eigenvalue weighted by Gasteiger charge is -2.21. The Morgan fingerprint density at radius 3 is 1.69 bits per heavy atom. The zero-order valence-corrected chi connectivity index (χ0v) is 23.6. The molecule has 3 unspecified atom stereocenters. The number of unbranched alkanes of at least 4 members (excludes halogenated alkanes) is 16. The number of hydrogen-bond donors (Lipinski definition) is 4. The van der Waals surface area contributed by atoms with Crippen LogP contribution in [0.2, 0.25) is 0 Å². The first-order valence-corrected chi connectivity index (χ1v) is 15.2. The van der Waals surface area contributed by atoms with Crippen LogP contribution in [-0.2, 0) is 4.79 Å². The number of nitrogens with one attached hydrogen (secondary N) is 1. The molecule has 0 aliphatic heterocycles. The van der Waals surface area contributed by atoms with E-state index in [4.69, 9.17) is 0 Å². The van der Waals surface area contributed by atoms with Crippen LogP contribution in [0.15, 0.2) is 24.3 Å². The Morgan fingerprint density at radius 1 is 0.667 bits per heavy atom. The third-order valence-electron chi connectivity index (χ3n) is 6.79. The molecule has 5 nitrogen and oxygen atoms in total. The average Bonchev–Trinajstić information content (AvgIpc) is 2.88. The van der Waals surface area contributed by atoms with E-state index < -0.39 is 24.2 Å². The summed E-state index contributed by atoms with van der Waals surface area (Å²) in [5.74, 6) is -0.518. The highest BCUT2D eigenvalue weighted by Gasteiger charge is 2.22. The van der Waals surface area contributed by atoms with E-state index in [1.54, 1.807) is 6.08 Å². The number of rotatable bonds is 26. The van der Waals surface area contributed by atoms with Gasteiger partial charge in [0.2, 0.25) is 5.91 Å². The number of aliphatic hydroxyl groups excluding tert-OH is 3. The number of allylic oxidation sites excluding steroid dienone is 3. The highest BCUT2D eigenvalue weighted by Crippen LogP contribution is 2.13. The van der Waals surface area contributed by atoms with Gasteiger partial charge in [0, 0.05) is 0 Å². The van der Waals surface area contributed by atoms with Gasteiger partial charge < -0.3 is 20.6 Å². The van der Waals surface area contributed by atoms with E-state index in [0.717, 1.165) is 38.5 Å². The molecule has 0 aromatic heterocycles. The van der Waals surface area contributed by atoms with E-state index in [1.165, 1.54) is 83.5 Å². The van der Waals surface area contributed by atoms with Gasteiger partial charge >= 0.3 is 0 Å². The van der Waals surface area contributed by atoms with Crippen molar-refractivity contribution in [2.45, 2.75) is 161 Å². The molecule has 0 radical (unpaired) electrons. The zero-order valence-electron chi connectivity index (χ0n) is 23.6. The third kappa shape index (κ3) is 22.1. The summed E-state index contributed by atoms with van der Waals surface area (Å²) < 4.78 is 0. The summed E-state index contributed by atoms with van der Waals surface area (Å²) in [7, 11) is 0. The normalized spacial score (nSPS) is 14.5. The van der Waals surface area contributed by atoms with E-state index in [2.05, 4.69) is 31.3 Å². The monoisotopic (exact) mass is 509 g/mol. The van der Waals surface area contributed by atoms with E-state index in [1.807, 2.05) is 6.08 Å². The van der Waals surface area contributed by atoms with Crippen LogP contribution in [-0.4, -0.2) is 46.1 Å². The average molecular weight is 510 g/mol. The Hall–Kier alpha value is -1.17. The van der Waals surface area contributed by atoms with Gasteiger partial charge in [0.25, 0.3) is 0 Å². The lowest BCUT2D eigenvalue weighted by Crippen LogP contribution is -2.48. The molecule has 0 aliphatic carbocycles. The molecule has 0 fully saturated rings. The van der Waals surface area contributed by atoms with E-state index in [9.17, 15) is 20.1 Å². The Kier molecular flexibility index (Phi) is 26.0. The van der Waals surface area contributed by atoms with Crippen molar-refractivity contribution in [3.05, 3.63) is 24.3 Å². The van der Waals surface area contributed by atoms with Crippen molar-refractivity contribution in [3.63, 3.8) is 0 Å². The van der Waals surface area contributed by atoms with Crippen LogP contribution in [0.25, 0.3) is 0 Å². The second-order valence-electron chi connectivity index (χ2n) is 10.3. The molecule has 1 amide bonds. The summed E-state index contributed by atoms with van der Waals surface area (Å²) in [5, 5.41) is 32.6. The minimum absolute atomic E-state index is 0.375. The first-order valence-electron chi connectivity index (χ1n) is 15.2. The maximum Gasteiger partial charge on any atom is 0.249 e. The summed E-state index contributed by atoms with van der Waals surface area (Å²) in [6.07, 6.45) is 29.0. The largest absolute Gasteiger partial charge is 0.394 e. The molecule has 4 N–H and O–H groups in total. The van der Waals surface area contributed by atoms with Gasteiger partial charge in [0.1, 0.15) is 6.10 Å². The Bertz CT molecular complexity index is 535. The van der Waals surface area contributed by atoms with Crippen LogP contribution < -0.4 is 5.32 Å². The zero-order chi connectivity index (χ0) is 26.7. The van der Waals surface area contributed by atoms with Gasteiger partial charge in [-0.3, -0.25) is 4.79 Å². The molecule has 212 valence electrons. The highest BCUT2D eigenvalue weighted by atomic mass is 16.3. The van der Waals surface area contributed by atoms with E-state index >= 15 is 0 Å². The molecular weight excluding hydrogens is 450 g/mol. The second-order valence-corrected chi connectivity index (χ2v) is 10.3. The number of aliphatic hydroxyl groups is 3. The van der Waals surface area contributed by atoms with Crippen molar-refractivity contribution in [1.82, 2.24) is 5.32 Å². The summed E-state index contributed by atoms with van der Waals surface area (Å²) in [4.78, 5) is 12.3. The smallest absolute Gasteiger partial charge is 0.249 e. The number of hydrogen-bond acceptors (Lipinski definition) is 4. The minimum Gasteiger partial charge on any atom is -0.394 e. The van der Waals surface area contributed by atoms with Crippen molar-refractivity contribution in [2.75, 3.05) is 6.61 Å². The molecule has 0 bridgehead atoms. The van der Waals surface area contributed by atoms with Crippen LogP contribution >= 0.6 is 0 Å². The molecule has 0 aromatic carbocycles. The van der Waals surface area contributed by atoms with Gasteiger partial charge in [0.15, 0.2) is 0 Å². The predicted octanol–water partition coefficient (Wildman–Crippen LogP) is 7.14. The van der Waals surface area contributed by atoms with Gasteiger partial charge in [-0.1, -0.05) is 134 Å². The molecule has 5 heteroatoms. The van der Waals surface area contributed by atoms with Gasteiger partial charge in [-0.25, -0.2) is 0 Å². The number of amides is 1. The van der Waals surface area contributed by atoms with E-state index in [-0.39, 0.29) is 6.61 Å². The summed E-state index contributed by atoms with van der Waals surface area (Å²) in [5.41, 5.74) is 0. The Labute approximate surface area is 222 Å². The molecule has 0 saturated carbocycles. The van der Waals surface area contributed by atoms with Gasteiger partial charge in [-0.2, -0.15) is 0 Å². The van der Waals surface area contributed by atoms with Gasteiger partial charge in [-0.05, 0) is 32.1 Å². The third-order valence-corrected chi connectivity index (χ3v) is 6.79. The SMILES string of the molecule is CCCCC/C=C/CC/C=C/C(O)C(CO)NC(=O)C(O)CCCCCCCCCCCCCCC. The molecule has 3 atom stereocenters. The van der Waals surface area contributed by atoms with Crippen LogP contribution in [0.3, 0.4) is 0 Å². The lowest BCUT2D eigenvalue weighted by molar-refractivity contribution is -0.131. The fourth-order valence-corrected chi connectivity index (χ4v) is 4.31. The molecular formula is C31H59NO4. The molecule has 0 aliphatic rings. The highest BCUT2D eigenvalue weighted by molar-refractivity contribution is 5.80. The summed E-state index contributed by atoms with van der Waals surface area (Å²) >= 11 is 0. The molecule has 36 heavy (non-hydrogen) atoms. The van der Waals surface area contributed by atoms with Crippen molar-refractivity contribution < 1.29 is 20.1 Å². The Balaban J connectivity index is 3.84. The van der Waals surface area contributed by atoms with Crippen molar-refractivity contribution >= 4 is 5.91 Å². The molecule has 0 spiro atoms. The molecule has 0 aromatic rings. The maximum atomic E-state index is 12.3. The second kappa shape index (κ2) is 26.9. The van der Waals surface area contributed by atoms with Crippen LogP contribution in [0.4, 0.5) is 0 Å². The number of carbonyl (C=O) groups is 1. The minimum atomic E-state index is -1.10. The quantitative estimate of drug-likeness (QED) is 0.0737. The van der Waals surface area contributed by atoms with Crippen LogP contribution in [0.5, 0.6) is 0 Å². The van der Waals surface area contributed by atoms with Crippen molar-refractivity contribution in [2.24, 2.45) is 0 Å². The fourth-order valence-electron chi connectivity index (χ4n) is 4.31. The Morgan fingerprint density at radius 2 is 1.14 bits per heavy atom.